The number of ether oxygens (including phenoxy) is 1. The molecule has 0 radical (unpaired) electrons. The molecule has 0 saturated heterocycles. The van der Waals surface area contributed by atoms with Crippen LogP contribution in [0.4, 0.5) is 0 Å². The summed E-state index contributed by atoms with van der Waals surface area (Å²) in [6.45, 7) is 0. The number of hydrogen-bond donors (Lipinski definition) is 0. The lowest BCUT2D eigenvalue weighted by molar-refractivity contribution is -0.123. The van der Waals surface area contributed by atoms with Crippen molar-refractivity contribution in [3.63, 3.8) is 0 Å². The second kappa shape index (κ2) is 3.64. The minimum atomic E-state index is -0.592. The molecule has 0 saturated carbocycles. The van der Waals surface area contributed by atoms with E-state index in [2.05, 4.69) is 9.98 Å². The highest BCUT2D eigenvalue weighted by atomic mass is 32.2. The maximum absolute atomic E-state index is 11.0. The summed E-state index contributed by atoms with van der Waals surface area (Å²) in [5.74, 6) is -0.285. The summed E-state index contributed by atoms with van der Waals surface area (Å²) in [6.07, 6.45) is 2.68. The van der Waals surface area contributed by atoms with E-state index in [9.17, 15) is 4.79 Å². The van der Waals surface area contributed by atoms with Gasteiger partial charge in [-0.25, -0.2) is 4.99 Å². The molecule has 0 N–H and O–H groups in total. The summed E-state index contributed by atoms with van der Waals surface area (Å²) in [7, 11) is 1.45. The van der Waals surface area contributed by atoms with Crippen molar-refractivity contribution in [2.75, 3.05) is 13.4 Å². The molecule has 1 atom stereocenters. The minimum absolute atomic E-state index is 0.285. The van der Waals surface area contributed by atoms with Gasteiger partial charge in [-0.1, -0.05) is 11.8 Å². The van der Waals surface area contributed by atoms with Gasteiger partial charge < -0.3 is 4.74 Å². The number of carbonyl (C=O) groups excluding carboxylic acids is 1. The van der Waals surface area contributed by atoms with E-state index < -0.39 is 6.10 Å². The zero-order valence-corrected chi connectivity index (χ0v) is 7.09. The van der Waals surface area contributed by atoms with Crippen LogP contribution in [0.2, 0.25) is 0 Å². The molecule has 60 valence electrons. The summed E-state index contributed by atoms with van der Waals surface area (Å²) in [4.78, 5) is 18.5. The average Bonchev–Trinajstić information content (AvgIpc) is 2.04. The van der Waals surface area contributed by atoms with E-state index in [1.54, 1.807) is 0 Å². The fraction of sp³-hybridized carbons (Fsp3) is 0.500. The molecular formula is C6H8N2O2S. The third-order valence-corrected chi connectivity index (χ3v) is 1.77. The molecule has 11 heavy (non-hydrogen) atoms. The second-order valence-electron chi connectivity index (χ2n) is 1.87. The molecule has 1 amide bonds. The number of amides is 1. The number of nitrogens with zero attached hydrogens (tertiary/aromatic N) is 2. The van der Waals surface area contributed by atoms with Crippen molar-refractivity contribution in [3.05, 3.63) is 0 Å². The van der Waals surface area contributed by atoms with Gasteiger partial charge >= 0.3 is 0 Å². The monoisotopic (exact) mass is 172 g/mol. The van der Waals surface area contributed by atoms with E-state index in [1.807, 2.05) is 6.26 Å². The Balaban J connectivity index is 2.71. The molecular weight excluding hydrogens is 164 g/mol. The van der Waals surface area contributed by atoms with Crippen molar-refractivity contribution in [3.8, 4) is 0 Å². The van der Waals surface area contributed by atoms with Crippen LogP contribution in [0, 0.1) is 0 Å². The molecule has 1 heterocycles. The van der Waals surface area contributed by atoms with Crippen LogP contribution in [0.25, 0.3) is 0 Å². The largest absolute Gasteiger partial charge is 0.366 e. The summed E-state index contributed by atoms with van der Waals surface area (Å²) in [6, 6.07) is 0. The van der Waals surface area contributed by atoms with Crippen LogP contribution in [0.15, 0.2) is 9.98 Å². The number of amidine groups is 1. The van der Waals surface area contributed by atoms with Crippen LogP contribution < -0.4 is 0 Å². The van der Waals surface area contributed by atoms with Crippen molar-refractivity contribution >= 4 is 29.1 Å². The van der Waals surface area contributed by atoms with Crippen molar-refractivity contribution in [2.45, 2.75) is 6.10 Å². The van der Waals surface area contributed by atoms with Crippen LogP contribution >= 0.6 is 11.8 Å². The first-order chi connectivity index (χ1) is 5.27. The van der Waals surface area contributed by atoms with Gasteiger partial charge in [0.1, 0.15) is 0 Å². The van der Waals surface area contributed by atoms with Crippen molar-refractivity contribution in [2.24, 2.45) is 9.98 Å². The quantitative estimate of drug-likeness (QED) is 0.572. The second-order valence-corrected chi connectivity index (χ2v) is 2.64. The van der Waals surface area contributed by atoms with E-state index >= 15 is 0 Å². The third kappa shape index (κ3) is 1.87. The Hall–Kier alpha value is -0.680. The van der Waals surface area contributed by atoms with Crippen LogP contribution in [0.5, 0.6) is 0 Å². The zero-order valence-electron chi connectivity index (χ0n) is 6.27. The molecule has 1 aliphatic rings. The van der Waals surface area contributed by atoms with Crippen molar-refractivity contribution < 1.29 is 9.53 Å². The lowest BCUT2D eigenvalue weighted by atomic mass is 10.3. The standard InChI is InChI=1S/C6H8N2O2S/c1-10-4-3-7-6(11-2)8-5(4)9/h3-4H,1-2H3. The molecule has 0 aromatic carbocycles. The summed E-state index contributed by atoms with van der Waals surface area (Å²) in [5.41, 5.74) is 0. The first-order valence-electron chi connectivity index (χ1n) is 3.01. The molecule has 0 fully saturated rings. The molecule has 0 aromatic rings. The fourth-order valence-electron chi connectivity index (χ4n) is 0.642. The van der Waals surface area contributed by atoms with E-state index in [-0.39, 0.29) is 5.91 Å². The molecule has 0 aliphatic carbocycles. The van der Waals surface area contributed by atoms with Gasteiger partial charge in [0, 0.05) is 13.3 Å². The molecule has 4 nitrogen and oxygen atoms in total. The topological polar surface area (TPSA) is 51.0 Å². The maximum Gasteiger partial charge on any atom is 0.282 e. The van der Waals surface area contributed by atoms with Gasteiger partial charge in [0.2, 0.25) is 0 Å². The summed E-state index contributed by atoms with van der Waals surface area (Å²) >= 11 is 1.34. The Kier molecular flexibility index (Phi) is 2.78. The lowest BCUT2D eigenvalue weighted by Gasteiger charge is -2.09. The third-order valence-electron chi connectivity index (χ3n) is 1.21. The highest BCUT2D eigenvalue weighted by molar-refractivity contribution is 8.13. The molecule has 5 heteroatoms. The molecule has 1 aliphatic heterocycles. The van der Waals surface area contributed by atoms with Crippen LogP contribution in [0.1, 0.15) is 0 Å². The van der Waals surface area contributed by atoms with Crippen molar-refractivity contribution in [1.29, 1.82) is 0 Å². The van der Waals surface area contributed by atoms with Crippen LogP contribution in [-0.2, 0) is 9.53 Å². The Bertz CT molecular complexity index is 225. The first-order valence-corrected chi connectivity index (χ1v) is 4.24. The van der Waals surface area contributed by atoms with E-state index in [4.69, 9.17) is 4.74 Å². The maximum atomic E-state index is 11.0. The number of hydrogen-bond acceptors (Lipinski definition) is 4. The molecule has 1 unspecified atom stereocenters. The van der Waals surface area contributed by atoms with Gasteiger partial charge in [-0.2, -0.15) is 4.99 Å². The first kappa shape index (κ1) is 8.42. The molecule has 1 rings (SSSR count). The highest BCUT2D eigenvalue weighted by Gasteiger charge is 2.18. The fourth-order valence-corrected chi connectivity index (χ4v) is 0.990. The number of thioether (sulfide) groups is 1. The molecule has 0 bridgehead atoms. The van der Waals surface area contributed by atoms with Crippen molar-refractivity contribution in [1.82, 2.24) is 0 Å². The smallest absolute Gasteiger partial charge is 0.282 e. The number of rotatable bonds is 1. The van der Waals surface area contributed by atoms with E-state index in [0.29, 0.717) is 5.17 Å². The Morgan fingerprint density at radius 1 is 1.73 bits per heavy atom. The lowest BCUT2D eigenvalue weighted by Crippen LogP contribution is -2.26. The van der Waals surface area contributed by atoms with E-state index in [1.165, 1.54) is 25.1 Å². The number of methoxy groups -OCH3 is 1. The summed E-state index contributed by atoms with van der Waals surface area (Å²) < 4.78 is 4.78. The van der Waals surface area contributed by atoms with E-state index in [0.717, 1.165) is 0 Å². The number of aliphatic imine (C=N–C) groups is 2. The predicted molar refractivity (Wildman–Crippen MR) is 45.2 cm³/mol. The Labute approximate surface area is 68.7 Å². The molecule has 0 aromatic heterocycles. The van der Waals surface area contributed by atoms with Gasteiger partial charge in [-0.3, -0.25) is 4.79 Å². The van der Waals surface area contributed by atoms with Gasteiger partial charge in [-0.15, -0.1) is 0 Å². The van der Waals surface area contributed by atoms with Gasteiger partial charge in [0.05, 0.1) is 0 Å². The van der Waals surface area contributed by atoms with Crippen LogP contribution in [0.3, 0.4) is 0 Å². The average molecular weight is 172 g/mol. The zero-order chi connectivity index (χ0) is 8.27. The Morgan fingerprint density at radius 3 is 2.91 bits per heavy atom. The number of carbonyl (C=O) groups is 1. The minimum Gasteiger partial charge on any atom is -0.366 e. The SMILES string of the molecule is COC1C=NC(SC)=NC1=O. The normalized spacial score (nSPS) is 23.6. The summed E-state index contributed by atoms with van der Waals surface area (Å²) in [5, 5.41) is 0.489. The highest BCUT2D eigenvalue weighted by Crippen LogP contribution is 2.06. The molecule has 0 spiro atoms. The Morgan fingerprint density at radius 2 is 2.45 bits per heavy atom. The predicted octanol–water partition coefficient (Wildman–Crippen LogP) is 0.331. The van der Waals surface area contributed by atoms with Gasteiger partial charge in [0.15, 0.2) is 11.3 Å². The van der Waals surface area contributed by atoms with Crippen LogP contribution in [-0.4, -0.2) is 36.8 Å². The van der Waals surface area contributed by atoms with Gasteiger partial charge in [-0.05, 0) is 6.26 Å². The van der Waals surface area contributed by atoms with Gasteiger partial charge in [0.25, 0.3) is 5.91 Å².